The summed E-state index contributed by atoms with van der Waals surface area (Å²) >= 11 is 12.5. The van der Waals surface area contributed by atoms with Crippen LogP contribution < -0.4 is 5.43 Å². The first-order chi connectivity index (χ1) is 12.9. The quantitative estimate of drug-likeness (QED) is 0.444. The molecule has 0 bridgehead atoms. The molecule has 0 saturated carbocycles. The SMILES string of the molecule is Cc1c(Cc2c(Cl)cccc2Cl)c(=O)ccn1Cc1ccc([N+](=O)[O-])cc1. The van der Waals surface area contributed by atoms with Crippen LogP contribution in [0.2, 0.25) is 10.0 Å². The highest BCUT2D eigenvalue weighted by Crippen LogP contribution is 2.27. The van der Waals surface area contributed by atoms with Crippen LogP contribution in [0.5, 0.6) is 0 Å². The lowest BCUT2D eigenvalue weighted by molar-refractivity contribution is -0.384. The number of nitro groups is 1. The van der Waals surface area contributed by atoms with Crippen molar-refractivity contribution in [1.82, 2.24) is 4.57 Å². The summed E-state index contributed by atoms with van der Waals surface area (Å²) in [7, 11) is 0. The molecule has 5 nitrogen and oxygen atoms in total. The number of benzene rings is 2. The number of non-ortho nitro benzene ring substituents is 1. The number of rotatable bonds is 5. The maximum atomic E-state index is 12.4. The van der Waals surface area contributed by atoms with Gasteiger partial charge in [-0.1, -0.05) is 41.4 Å². The average molecular weight is 403 g/mol. The van der Waals surface area contributed by atoms with E-state index in [1.165, 1.54) is 18.2 Å². The minimum Gasteiger partial charge on any atom is -0.347 e. The molecule has 3 aromatic rings. The van der Waals surface area contributed by atoms with Gasteiger partial charge in [-0.15, -0.1) is 0 Å². The smallest absolute Gasteiger partial charge is 0.269 e. The van der Waals surface area contributed by atoms with Crippen molar-refractivity contribution in [3.8, 4) is 0 Å². The molecule has 1 heterocycles. The lowest BCUT2D eigenvalue weighted by Crippen LogP contribution is -2.17. The van der Waals surface area contributed by atoms with Gasteiger partial charge in [0.15, 0.2) is 5.43 Å². The molecule has 0 spiro atoms. The molecular weight excluding hydrogens is 387 g/mol. The van der Waals surface area contributed by atoms with Gasteiger partial charge in [0.2, 0.25) is 0 Å². The normalized spacial score (nSPS) is 10.8. The van der Waals surface area contributed by atoms with Crippen LogP contribution in [-0.2, 0) is 13.0 Å². The molecular formula is C20H16Cl2N2O3. The Morgan fingerprint density at radius 2 is 1.63 bits per heavy atom. The summed E-state index contributed by atoms with van der Waals surface area (Å²) in [5, 5.41) is 11.8. The zero-order valence-electron chi connectivity index (χ0n) is 14.5. The molecule has 7 heteroatoms. The second-order valence-electron chi connectivity index (χ2n) is 6.17. The van der Waals surface area contributed by atoms with Gasteiger partial charge in [-0.25, -0.2) is 0 Å². The van der Waals surface area contributed by atoms with Crippen molar-refractivity contribution in [1.29, 1.82) is 0 Å². The van der Waals surface area contributed by atoms with Crippen LogP contribution in [0.4, 0.5) is 5.69 Å². The van der Waals surface area contributed by atoms with Gasteiger partial charge in [0.1, 0.15) is 0 Å². The summed E-state index contributed by atoms with van der Waals surface area (Å²) in [5.74, 6) is 0. The van der Waals surface area contributed by atoms with E-state index in [0.717, 1.165) is 11.3 Å². The molecule has 0 amide bonds. The molecule has 0 N–H and O–H groups in total. The predicted octanol–water partition coefficient (Wildman–Crippen LogP) is 5.01. The number of nitro benzene ring substituents is 1. The van der Waals surface area contributed by atoms with Gasteiger partial charge in [0, 0.05) is 58.7 Å². The van der Waals surface area contributed by atoms with Crippen LogP contribution in [0.3, 0.4) is 0 Å². The Labute approximate surface area is 165 Å². The summed E-state index contributed by atoms with van der Waals surface area (Å²) in [5.41, 5.74) is 3.00. The lowest BCUT2D eigenvalue weighted by Gasteiger charge is -2.15. The summed E-state index contributed by atoms with van der Waals surface area (Å²) in [6, 6.07) is 13.1. The predicted molar refractivity (Wildman–Crippen MR) is 107 cm³/mol. The third-order valence-corrected chi connectivity index (χ3v) is 5.19. The molecule has 138 valence electrons. The van der Waals surface area contributed by atoms with Crippen molar-refractivity contribution in [2.45, 2.75) is 19.9 Å². The fraction of sp³-hybridized carbons (Fsp3) is 0.150. The molecule has 2 aromatic carbocycles. The third-order valence-electron chi connectivity index (χ3n) is 4.49. The molecule has 0 aliphatic rings. The van der Waals surface area contributed by atoms with Crippen LogP contribution in [0.25, 0.3) is 0 Å². The number of hydrogen-bond acceptors (Lipinski definition) is 3. The minimum absolute atomic E-state index is 0.0458. The van der Waals surface area contributed by atoms with E-state index in [2.05, 4.69) is 0 Å². The van der Waals surface area contributed by atoms with Crippen LogP contribution in [0.15, 0.2) is 59.5 Å². The molecule has 0 radical (unpaired) electrons. The first-order valence-electron chi connectivity index (χ1n) is 8.22. The Kier molecular flexibility index (Phi) is 5.63. The Balaban J connectivity index is 1.94. The highest BCUT2D eigenvalue weighted by molar-refractivity contribution is 6.36. The van der Waals surface area contributed by atoms with Crippen molar-refractivity contribution in [2.24, 2.45) is 0 Å². The summed E-state index contributed by atoms with van der Waals surface area (Å²) in [6.07, 6.45) is 2.06. The monoisotopic (exact) mass is 402 g/mol. The number of aromatic nitrogens is 1. The van der Waals surface area contributed by atoms with Crippen molar-refractivity contribution in [2.75, 3.05) is 0 Å². The van der Waals surface area contributed by atoms with Crippen LogP contribution in [0.1, 0.15) is 22.4 Å². The zero-order valence-corrected chi connectivity index (χ0v) is 16.0. The first kappa shape index (κ1) is 19.1. The van der Waals surface area contributed by atoms with Crippen molar-refractivity contribution < 1.29 is 4.92 Å². The highest BCUT2D eigenvalue weighted by Gasteiger charge is 2.13. The maximum absolute atomic E-state index is 12.4. The fourth-order valence-corrected chi connectivity index (χ4v) is 3.44. The standard InChI is InChI=1S/C20H16Cl2N2O3/c1-13-16(11-17-18(21)3-2-4-19(17)22)20(25)9-10-23(13)12-14-5-7-15(8-6-14)24(26)27/h2-10H,11-12H2,1H3. The van der Waals surface area contributed by atoms with Gasteiger partial charge in [-0.2, -0.15) is 0 Å². The Morgan fingerprint density at radius 1 is 1.00 bits per heavy atom. The van der Waals surface area contributed by atoms with Crippen LogP contribution in [-0.4, -0.2) is 9.49 Å². The largest absolute Gasteiger partial charge is 0.347 e. The summed E-state index contributed by atoms with van der Waals surface area (Å²) in [4.78, 5) is 22.8. The maximum Gasteiger partial charge on any atom is 0.269 e. The van der Waals surface area contributed by atoms with E-state index in [4.69, 9.17) is 23.2 Å². The topological polar surface area (TPSA) is 65.1 Å². The Bertz CT molecular complexity index is 1040. The molecule has 0 saturated heterocycles. The molecule has 27 heavy (non-hydrogen) atoms. The second-order valence-corrected chi connectivity index (χ2v) is 6.99. The van der Waals surface area contributed by atoms with Gasteiger partial charge >= 0.3 is 0 Å². The Morgan fingerprint density at radius 3 is 2.22 bits per heavy atom. The number of hydrogen-bond donors (Lipinski definition) is 0. The summed E-state index contributed by atoms with van der Waals surface area (Å²) < 4.78 is 1.93. The van der Waals surface area contributed by atoms with Gasteiger partial charge in [0.25, 0.3) is 5.69 Å². The molecule has 0 unspecified atom stereocenters. The van der Waals surface area contributed by atoms with Crippen LogP contribution in [0, 0.1) is 17.0 Å². The lowest BCUT2D eigenvalue weighted by atomic mass is 10.0. The molecule has 0 atom stereocenters. The first-order valence-corrected chi connectivity index (χ1v) is 8.97. The molecule has 3 rings (SSSR count). The zero-order chi connectivity index (χ0) is 19.6. The van der Waals surface area contributed by atoms with E-state index < -0.39 is 4.92 Å². The highest BCUT2D eigenvalue weighted by atomic mass is 35.5. The van der Waals surface area contributed by atoms with Crippen molar-refractivity contribution in [3.05, 3.63) is 107 Å². The molecule has 0 aliphatic heterocycles. The molecule has 1 aromatic heterocycles. The summed E-state index contributed by atoms with van der Waals surface area (Å²) in [6.45, 7) is 2.36. The average Bonchev–Trinajstić information content (AvgIpc) is 2.63. The van der Waals surface area contributed by atoms with Gasteiger partial charge in [0.05, 0.1) is 4.92 Å². The molecule has 0 aliphatic carbocycles. The Hall–Kier alpha value is -2.63. The van der Waals surface area contributed by atoms with E-state index in [0.29, 0.717) is 34.1 Å². The number of halogens is 2. The van der Waals surface area contributed by atoms with E-state index in [1.807, 2.05) is 11.5 Å². The van der Waals surface area contributed by atoms with E-state index >= 15 is 0 Å². The molecule has 0 fully saturated rings. The fourth-order valence-electron chi connectivity index (χ4n) is 2.91. The minimum atomic E-state index is -0.431. The van der Waals surface area contributed by atoms with Crippen LogP contribution >= 0.6 is 23.2 Å². The van der Waals surface area contributed by atoms with Gasteiger partial charge in [-0.05, 0) is 30.2 Å². The van der Waals surface area contributed by atoms with Crippen molar-refractivity contribution in [3.63, 3.8) is 0 Å². The van der Waals surface area contributed by atoms with E-state index in [1.54, 1.807) is 36.5 Å². The second kappa shape index (κ2) is 7.94. The van der Waals surface area contributed by atoms with E-state index in [-0.39, 0.29) is 11.1 Å². The third kappa shape index (κ3) is 4.21. The van der Waals surface area contributed by atoms with Gasteiger partial charge < -0.3 is 4.57 Å². The number of nitrogens with zero attached hydrogens (tertiary/aromatic N) is 2. The van der Waals surface area contributed by atoms with Crippen molar-refractivity contribution >= 4 is 28.9 Å². The van der Waals surface area contributed by atoms with Gasteiger partial charge in [-0.3, -0.25) is 14.9 Å². The van der Waals surface area contributed by atoms with E-state index in [9.17, 15) is 14.9 Å². The number of pyridine rings is 1.